The number of hydrazine groups is 1. The van der Waals surface area contributed by atoms with E-state index >= 15 is 0 Å². The molecule has 0 fully saturated rings. The first-order chi connectivity index (χ1) is 5.79. The maximum absolute atomic E-state index is 5.73. The number of benzene rings is 1. The minimum Gasteiger partial charge on any atom is -0.398 e. The van der Waals surface area contributed by atoms with Crippen LogP contribution in [0, 0.1) is 0 Å². The Morgan fingerprint density at radius 2 is 2.08 bits per heavy atom. The largest absolute Gasteiger partial charge is 0.398 e. The van der Waals surface area contributed by atoms with Crippen LogP contribution < -0.4 is 17.0 Å². The van der Waals surface area contributed by atoms with Crippen molar-refractivity contribution in [2.75, 3.05) is 5.73 Å². The molecule has 0 aliphatic carbocycles. The van der Waals surface area contributed by atoms with E-state index in [2.05, 4.69) is 12.0 Å². The molecule has 3 heteroatoms. The molecular weight excluding hydrogens is 150 g/mol. The number of nitrogens with two attached hydrogens (primary N) is 2. The van der Waals surface area contributed by atoms with Crippen molar-refractivity contribution < 1.29 is 0 Å². The van der Waals surface area contributed by atoms with Gasteiger partial charge in [-0.1, -0.05) is 24.3 Å². The molecular formula is C9H13N3. The Morgan fingerprint density at radius 1 is 1.42 bits per heavy atom. The topological polar surface area (TPSA) is 64.1 Å². The number of hydrogen-bond acceptors (Lipinski definition) is 3. The summed E-state index contributed by atoms with van der Waals surface area (Å²) in [4.78, 5) is 0. The van der Waals surface area contributed by atoms with Gasteiger partial charge in [-0.15, -0.1) is 6.58 Å². The van der Waals surface area contributed by atoms with Gasteiger partial charge in [-0.25, -0.2) is 5.43 Å². The van der Waals surface area contributed by atoms with Crippen LogP contribution in [0.4, 0.5) is 5.69 Å². The molecule has 0 radical (unpaired) electrons. The van der Waals surface area contributed by atoms with Gasteiger partial charge in [0.15, 0.2) is 0 Å². The molecule has 0 aliphatic rings. The van der Waals surface area contributed by atoms with Gasteiger partial charge >= 0.3 is 0 Å². The van der Waals surface area contributed by atoms with Crippen molar-refractivity contribution in [1.82, 2.24) is 5.43 Å². The molecule has 1 rings (SSSR count). The molecule has 1 aromatic rings. The van der Waals surface area contributed by atoms with Gasteiger partial charge < -0.3 is 5.73 Å². The van der Waals surface area contributed by atoms with Crippen molar-refractivity contribution in [3.8, 4) is 0 Å². The molecule has 0 saturated heterocycles. The summed E-state index contributed by atoms with van der Waals surface area (Å²) < 4.78 is 0. The minimum atomic E-state index is -0.0776. The van der Waals surface area contributed by atoms with Crippen LogP contribution in [0.5, 0.6) is 0 Å². The van der Waals surface area contributed by atoms with Crippen molar-refractivity contribution in [3.05, 3.63) is 42.5 Å². The van der Waals surface area contributed by atoms with Crippen molar-refractivity contribution in [2.24, 2.45) is 5.84 Å². The molecule has 64 valence electrons. The van der Waals surface area contributed by atoms with Crippen LogP contribution in [-0.2, 0) is 0 Å². The van der Waals surface area contributed by atoms with Gasteiger partial charge in [0, 0.05) is 5.69 Å². The standard InChI is InChI=1S/C9H13N3/c1-2-9(12-11)7-5-3-4-6-8(7)10/h2-6,9,12H,1,10-11H2. The Labute approximate surface area is 72.0 Å². The summed E-state index contributed by atoms with van der Waals surface area (Å²) in [6, 6.07) is 7.48. The SMILES string of the molecule is C=CC(NN)c1ccccc1N. The van der Waals surface area contributed by atoms with E-state index in [1.165, 1.54) is 0 Å². The fourth-order valence-electron chi connectivity index (χ4n) is 1.08. The highest BCUT2D eigenvalue weighted by Gasteiger charge is 2.06. The van der Waals surface area contributed by atoms with E-state index in [1.54, 1.807) is 6.08 Å². The number of rotatable bonds is 3. The van der Waals surface area contributed by atoms with Crippen LogP contribution in [0.15, 0.2) is 36.9 Å². The summed E-state index contributed by atoms with van der Waals surface area (Å²) in [5.74, 6) is 5.31. The normalized spacial score (nSPS) is 12.4. The maximum atomic E-state index is 5.73. The summed E-state index contributed by atoms with van der Waals surface area (Å²) >= 11 is 0. The molecule has 12 heavy (non-hydrogen) atoms. The maximum Gasteiger partial charge on any atom is 0.0658 e. The molecule has 0 bridgehead atoms. The zero-order chi connectivity index (χ0) is 8.97. The summed E-state index contributed by atoms with van der Waals surface area (Å²) in [6.07, 6.45) is 1.71. The third kappa shape index (κ3) is 1.64. The zero-order valence-corrected chi connectivity index (χ0v) is 6.83. The Kier molecular flexibility index (Phi) is 2.85. The highest BCUT2D eigenvalue weighted by atomic mass is 15.2. The van der Waals surface area contributed by atoms with Gasteiger partial charge in [0.25, 0.3) is 0 Å². The predicted molar refractivity (Wildman–Crippen MR) is 51.1 cm³/mol. The average Bonchev–Trinajstić information content (AvgIpc) is 2.10. The van der Waals surface area contributed by atoms with E-state index in [4.69, 9.17) is 11.6 Å². The van der Waals surface area contributed by atoms with E-state index in [9.17, 15) is 0 Å². The first-order valence-corrected chi connectivity index (χ1v) is 3.72. The van der Waals surface area contributed by atoms with Crippen LogP contribution in [0.25, 0.3) is 0 Å². The monoisotopic (exact) mass is 163 g/mol. The number of anilines is 1. The number of hydrogen-bond donors (Lipinski definition) is 3. The highest BCUT2D eigenvalue weighted by Crippen LogP contribution is 2.19. The van der Waals surface area contributed by atoms with Crippen LogP contribution in [0.1, 0.15) is 11.6 Å². The first kappa shape index (κ1) is 8.77. The van der Waals surface area contributed by atoms with E-state index in [1.807, 2.05) is 24.3 Å². The molecule has 1 unspecified atom stereocenters. The highest BCUT2D eigenvalue weighted by molar-refractivity contribution is 5.49. The van der Waals surface area contributed by atoms with Crippen LogP contribution >= 0.6 is 0 Å². The van der Waals surface area contributed by atoms with E-state index in [-0.39, 0.29) is 6.04 Å². The lowest BCUT2D eigenvalue weighted by molar-refractivity contribution is 0.658. The summed E-state index contributed by atoms with van der Waals surface area (Å²) in [5.41, 5.74) is 10.0. The quantitative estimate of drug-likeness (QED) is 0.269. The molecule has 3 nitrogen and oxygen atoms in total. The van der Waals surface area contributed by atoms with E-state index in [0.717, 1.165) is 11.3 Å². The molecule has 0 aromatic heterocycles. The molecule has 1 aromatic carbocycles. The first-order valence-electron chi connectivity index (χ1n) is 3.72. The second kappa shape index (κ2) is 3.90. The molecule has 0 heterocycles. The molecule has 0 spiro atoms. The molecule has 0 saturated carbocycles. The van der Waals surface area contributed by atoms with Gasteiger partial charge in [-0.2, -0.15) is 0 Å². The Balaban J connectivity index is 3.00. The summed E-state index contributed by atoms with van der Waals surface area (Å²) in [7, 11) is 0. The third-order valence-corrected chi connectivity index (χ3v) is 1.75. The smallest absolute Gasteiger partial charge is 0.0658 e. The van der Waals surface area contributed by atoms with E-state index < -0.39 is 0 Å². The summed E-state index contributed by atoms with van der Waals surface area (Å²) in [6.45, 7) is 3.65. The van der Waals surface area contributed by atoms with Crippen molar-refractivity contribution >= 4 is 5.69 Å². The number of para-hydroxylation sites is 1. The Bertz CT molecular complexity index is 270. The van der Waals surface area contributed by atoms with Crippen molar-refractivity contribution in [1.29, 1.82) is 0 Å². The zero-order valence-electron chi connectivity index (χ0n) is 6.83. The molecule has 0 amide bonds. The Hall–Kier alpha value is -1.32. The van der Waals surface area contributed by atoms with Gasteiger partial charge in [0.2, 0.25) is 0 Å². The molecule has 0 aliphatic heterocycles. The third-order valence-electron chi connectivity index (χ3n) is 1.75. The van der Waals surface area contributed by atoms with E-state index in [0.29, 0.717) is 0 Å². The van der Waals surface area contributed by atoms with Gasteiger partial charge in [-0.3, -0.25) is 5.84 Å². The predicted octanol–water partition coefficient (Wildman–Crippen LogP) is 0.959. The lowest BCUT2D eigenvalue weighted by atomic mass is 10.1. The lowest BCUT2D eigenvalue weighted by Crippen LogP contribution is -2.26. The van der Waals surface area contributed by atoms with Crippen LogP contribution in [0.3, 0.4) is 0 Å². The second-order valence-corrected chi connectivity index (χ2v) is 2.51. The molecule has 1 atom stereocenters. The fraction of sp³-hybridized carbons (Fsp3) is 0.111. The Morgan fingerprint density at radius 3 is 2.58 bits per heavy atom. The average molecular weight is 163 g/mol. The minimum absolute atomic E-state index is 0.0776. The second-order valence-electron chi connectivity index (χ2n) is 2.51. The number of nitrogens with one attached hydrogen (secondary N) is 1. The molecule has 5 N–H and O–H groups in total. The van der Waals surface area contributed by atoms with Gasteiger partial charge in [-0.05, 0) is 11.6 Å². The van der Waals surface area contributed by atoms with Crippen molar-refractivity contribution in [2.45, 2.75) is 6.04 Å². The van der Waals surface area contributed by atoms with Gasteiger partial charge in [0.1, 0.15) is 0 Å². The fourth-order valence-corrected chi connectivity index (χ4v) is 1.08. The van der Waals surface area contributed by atoms with Crippen molar-refractivity contribution in [3.63, 3.8) is 0 Å². The lowest BCUT2D eigenvalue weighted by Gasteiger charge is -2.13. The summed E-state index contributed by atoms with van der Waals surface area (Å²) in [5, 5.41) is 0. The van der Waals surface area contributed by atoms with Gasteiger partial charge in [0.05, 0.1) is 6.04 Å². The number of nitrogen functional groups attached to an aromatic ring is 1. The van der Waals surface area contributed by atoms with Crippen LogP contribution in [-0.4, -0.2) is 0 Å². The van der Waals surface area contributed by atoms with Crippen LogP contribution in [0.2, 0.25) is 0 Å².